The summed E-state index contributed by atoms with van der Waals surface area (Å²) in [7, 11) is 5.41. The molecule has 2 aromatic rings. The molecule has 0 amide bonds. The van der Waals surface area contributed by atoms with Crippen LogP contribution in [0.25, 0.3) is 0 Å². The van der Waals surface area contributed by atoms with Crippen molar-refractivity contribution >= 4 is 5.82 Å². The van der Waals surface area contributed by atoms with Gasteiger partial charge in [0.2, 0.25) is 0 Å². The molecule has 0 bridgehead atoms. The van der Waals surface area contributed by atoms with Gasteiger partial charge in [-0.25, -0.2) is 9.67 Å². The number of rotatable bonds is 6. The zero-order chi connectivity index (χ0) is 17.8. The molecule has 0 aromatic carbocycles. The Balaban J connectivity index is 1.63. The molecular weight excluding hydrogens is 318 g/mol. The monoisotopic (exact) mass is 343 g/mol. The van der Waals surface area contributed by atoms with E-state index in [2.05, 4.69) is 25.9 Å². The Kier molecular flexibility index (Phi) is 5.45. The zero-order valence-corrected chi connectivity index (χ0v) is 15.1. The maximum atomic E-state index is 11.8. The molecule has 0 saturated carbocycles. The van der Waals surface area contributed by atoms with Gasteiger partial charge >= 0.3 is 0 Å². The number of hydrogen-bond acceptors (Lipinski definition) is 6. The van der Waals surface area contributed by atoms with Crippen LogP contribution in [0.4, 0.5) is 5.82 Å². The Morgan fingerprint density at radius 2 is 2.20 bits per heavy atom. The molecule has 0 fully saturated rings. The average molecular weight is 343 g/mol. The van der Waals surface area contributed by atoms with E-state index in [4.69, 9.17) is 4.74 Å². The highest BCUT2D eigenvalue weighted by Crippen LogP contribution is 2.18. The lowest BCUT2D eigenvalue weighted by Gasteiger charge is -2.28. The van der Waals surface area contributed by atoms with Gasteiger partial charge in [-0.1, -0.05) is 6.07 Å². The predicted molar refractivity (Wildman–Crippen MR) is 96.7 cm³/mol. The van der Waals surface area contributed by atoms with Gasteiger partial charge in [-0.05, 0) is 17.2 Å². The Morgan fingerprint density at radius 3 is 2.92 bits per heavy atom. The molecule has 0 unspecified atom stereocenters. The quantitative estimate of drug-likeness (QED) is 0.774. The predicted octanol–water partition coefficient (Wildman–Crippen LogP) is 0.816. The van der Waals surface area contributed by atoms with E-state index >= 15 is 0 Å². The third-order valence-electron chi connectivity index (χ3n) is 4.55. The standard InChI is InChI=1S/C18H25N5O2/c1-21(8-9-25-3)17-5-4-14(11-19-17)12-23-7-6-16-15(13-23)10-18(24)22(2)20-16/h4-5,10-11H,6-9,12-13H2,1-3H3. The number of aryl methyl sites for hydroxylation is 1. The van der Waals surface area contributed by atoms with Gasteiger partial charge in [0.15, 0.2) is 0 Å². The van der Waals surface area contributed by atoms with Gasteiger partial charge in [-0.2, -0.15) is 5.10 Å². The molecule has 0 atom stereocenters. The summed E-state index contributed by atoms with van der Waals surface area (Å²) in [6.45, 7) is 4.01. The van der Waals surface area contributed by atoms with Crippen LogP contribution >= 0.6 is 0 Å². The lowest BCUT2D eigenvalue weighted by atomic mass is 10.1. The number of aromatic nitrogens is 3. The molecule has 25 heavy (non-hydrogen) atoms. The van der Waals surface area contributed by atoms with Crippen LogP contribution in [0.15, 0.2) is 29.2 Å². The lowest BCUT2D eigenvalue weighted by molar-refractivity contribution is 0.206. The number of nitrogens with zero attached hydrogens (tertiary/aromatic N) is 5. The van der Waals surface area contributed by atoms with E-state index in [0.717, 1.165) is 49.7 Å². The minimum Gasteiger partial charge on any atom is -0.383 e. The van der Waals surface area contributed by atoms with Gasteiger partial charge in [-0.15, -0.1) is 0 Å². The van der Waals surface area contributed by atoms with E-state index in [1.807, 2.05) is 19.3 Å². The van der Waals surface area contributed by atoms with E-state index in [-0.39, 0.29) is 5.56 Å². The first-order chi connectivity index (χ1) is 12.1. The first kappa shape index (κ1) is 17.6. The summed E-state index contributed by atoms with van der Waals surface area (Å²) in [4.78, 5) is 20.7. The minimum atomic E-state index is -0.0503. The van der Waals surface area contributed by atoms with Crippen LogP contribution in [-0.2, 0) is 31.3 Å². The largest absolute Gasteiger partial charge is 0.383 e. The SMILES string of the molecule is COCCN(C)c1ccc(CN2CCc3nn(C)c(=O)cc3C2)cn1. The molecule has 2 aromatic heterocycles. The molecule has 0 aliphatic carbocycles. The second-order valence-corrected chi connectivity index (χ2v) is 6.48. The number of methoxy groups -OCH3 is 1. The third kappa shape index (κ3) is 4.24. The Morgan fingerprint density at radius 1 is 1.36 bits per heavy atom. The summed E-state index contributed by atoms with van der Waals surface area (Å²) in [5.74, 6) is 0.942. The fourth-order valence-corrected chi connectivity index (χ4v) is 3.02. The Hall–Kier alpha value is -2.25. The molecule has 7 heteroatoms. The fraction of sp³-hybridized carbons (Fsp3) is 0.500. The zero-order valence-electron chi connectivity index (χ0n) is 15.1. The second-order valence-electron chi connectivity index (χ2n) is 6.48. The van der Waals surface area contributed by atoms with E-state index < -0.39 is 0 Å². The maximum Gasteiger partial charge on any atom is 0.266 e. The van der Waals surface area contributed by atoms with Gasteiger partial charge < -0.3 is 9.64 Å². The number of ether oxygens (including phenoxy) is 1. The van der Waals surface area contributed by atoms with Crippen molar-refractivity contribution in [3.05, 3.63) is 51.6 Å². The van der Waals surface area contributed by atoms with Crippen molar-refractivity contribution in [2.24, 2.45) is 7.05 Å². The molecule has 0 spiro atoms. The summed E-state index contributed by atoms with van der Waals surface area (Å²) in [5.41, 5.74) is 3.19. The minimum absolute atomic E-state index is 0.0503. The summed E-state index contributed by atoms with van der Waals surface area (Å²) in [6, 6.07) is 5.87. The topological polar surface area (TPSA) is 63.5 Å². The van der Waals surface area contributed by atoms with Crippen LogP contribution in [0.5, 0.6) is 0 Å². The van der Waals surface area contributed by atoms with Gasteiger partial charge in [0, 0.05) is 66.1 Å². The molecule has 1 aliphatic rings. The fourth-order valence-electron chi connectivity index (χ4n) is 3.02. The van der Waals surface area contributed by atoms with Crippen LogP contribution in [0.2, 0.25) is 0 Å². The first-order valence-electron chi connectivity index (χ1n) is 8.50. The maximum absolute atomic E-state index is 11.8. The molecular formula is C18H25N5O2. The smallest absolute Gasteiger partial charge is 0.266 e. The molecule has 7 nitrogen and oxygen atoms in total. The van der Waals surface area contributed by atoms with Crippen molar-refractivity contribution in [3.8, 4) is 0 Å². The number of likely N-dealkylation sites (N-methyl/N-ethyl adjacent to an activating group) is 1. The van der Waals surface area contributed by atoms with Crippen LogP contribution in [0.1, 0.15) is 16.8 Å². The van der Waals surface area contributed by atoms with Crippen LogP contribution in [0.3, 0.4) is 0 Å². The molecule has 0 saturated heterocycles. The number of pyridine rings is 1. The van der Waals surface area contributed by atoms with Crippen molar-refractivity contribution in [1.82, 2.24) is 19.7 Å². The van der Waals surface area contributed by atoms with E-state index in [1.165, 1.54) is 10.2 Å². The molecule has 3 heterocycles. The van der Waals surface area contributed by atoms with Crippen LogP contribution < -0.4 is 10.5 Å². The van der Waals surface area contributed by atoms with E-state index in [0.29, 0.717) is 6.61 Å². The highest BCUT2D eigenvalue weighted by molar-refractivity contribution is 5.38. The number of anilines is 1. The Labute approximate surface area is 147 Å². The van der Waals surface area contributed by atoms with Crippen molar-refractivity contribution < 1.29 is 4.74 Å². The van der Waals surface area contributed by atoms with Gasteiger partial charge in [0.1, 0.15) is 5.82 Å². The first-order valence-corrected chi connectivity index (χ1v) is 8.50. The summed E-state index contributed by atoms with van der Waals surface area (Å²) >= 11 is 0. The summed E-state index contributed by atoms with van der Waals surface area (Å²) in [5, 5.41) is 4.36. The third-order valence-corrected chi connectivity index (χ3v) is 4.55. The molecule has 0 N–H and O–H groups in total. The summed E-state index contributed by atoms with van der Waals surface area (Å²) in [6.07, 6.45) is 2.80. The number of fused-ring (bicyclic) bond motifs is 1. The van der Waals surface area contributed by atoms with Crippen molar-refractivity contribution in [1.29, 1.82) is 0 Å². The highest BCUT2D eigenvalue weighted by Gasteiger charge is 2.19. The van der Waals surface area contributed by atoms with Crippen LogP contribution in [0, 0.1) is 0 Å². The normalized spacial score (nSPS) is 14.4. The Bertz CT molecular complexity index is 772. The van der Waals surface area contributed by atoms with Gasteiger partial charge in [0.25, 0.3) is 5.56 Å². The molecule has 0 radical (unpaired) electrons. The van der Waals surface area contributed by atoms with Crippen molar-refractivity contribution in [3.63, 3.8) is 0 Å². The van der Waals surface area contributed by atoms with Gasteiger partial charge in [-0.3, -0.25) is 9.69 Å². The van der Waals surface area contributed by atoms with E-state index in [1.54, 1.807) is 20.2 Å². The van der Waals surface area contributed by atoms with Gasteiger partial charge in [0.05, 0.1) is 12.3 Å². The number of hydrogen-bond donors (Lipinski definition) is 0. The highest BCUT2D eigenvalue weighted by atomic mass is 16.5. The molecule has 3 rings (SSSR count). The lowest BCUT2D eigenvalue weighted by Crippen LogP contribution is -2.34. The second kappa shape index (κ2) is 7.76. The van der Waals surface area contributed by atoms with Crippen LogP contribution in [-0.4, -0.2) is 53.5 Å². The van der Waals surface area contributed by atoms with E-state index in [9.17, 15) is 4.79 Å². The van der Waals surface area contributed by atoms with Crippen molar-refractivity contribution in [2.75, 3.05) is 38.8 Å². The molecule has 134 valence electrons. The molecule has 1 aliphatic heterocycles. The average Bonchev–Trinajstić information content (AvgIpc) is 2.61. The van der Waals surface area contributed by atoms with Crippen molar-refractivity contribution in [2.45, 2.75) is 19.5 Å². The summed E-state index contributed by atoms with van der Waals surface area (Å²) < 4.78 is 6.51.